The topological polar surface area (TPSA) is 88.2 Å². The first kappa shape index (κ1) is 9.41. The Bertz CT molecular complexity index is 1530. The van der Waals surface area contributed by atoms with Crippen LogP contribution in [0.2, 0.25) is 0 Å². The van der Waals surface area contributed by atoms with Crippen LogP contribution in [-0.2, 0) is 17.5 Å². The number of aryl methyl sites for hydroxylation is 1. The molecule has 3 aromatic rings. The first-order valence-electron chi connectivity index (χ1n) is 15.4. The van der Waals surface area contributed by atoms with E-state index in [1.54, 1.807) is 0 Å². The van der Waals surface area contributed by atoms with Crippen LogP contribution < -0.4 is 11.1 Å². The van der Waals surface area contributed by atoms with Crippen molar-refractivity contribution in [1.82, 2.24) is 4.98 Å². The van der Waals surface area contributed by atoms with Crippen molar-refractivity contribution >= 4 is 28.1 Å². The highest BCUT2D eigenvalue weighted by Gasteiger charge is 2.08. The predicted octanol–water partition coefficient (Wildman–Crippen LogP) is 4.66. The van der Waals surface area contributed by atoms with Gasteiger partial charge in [-0.25, -0.2) is 4.98 Å². The summed E-state index contributed by atoms with van der Waals surface area (Å²) in [7, 11) is 0. The molecule has 0 saturated heterocycles. The molecule has 5 nitrogen and oxygen atoms in total. The van der Waals surface area contributed by atoms with Gasteiger partial charge in [-0.15, -0.1) is 11.3 Å². The van der Waals surface area contributed by atoms with E-state index >= 15 is 0 Å². The van der Waals surface area contributed by atoms with Gasteiger partial charge in [-0.2, -0.15) is 0 Å². The number of rotatable bonds is 9. The van der Waals surface area contributed by atoms with E-state index in [0.29, 0.717) is 11.3 Å². The summed E-state index contributed by atoms with van der Waals surface area (Å²) in [5, 5.41) is 12.7. The van der Waals surface area contributed by atoms with Gasteiger partial charge in [-0.1, -0.05) is 48.3 Å². The molecule has 0 spiro atoms. The highest BCUT2D eigenvalue weighted by Crippen LogP contribution is 2.21. The fourth-order valence-corrected chi connectivity index (χ4v) is 2.51. The second-order valence-electron chi connectivity index (χ2n) is 5.66. The summed E-state index contributed by atoms with van der Waals surface area (Å²) in [5.41, 5.74) is 3.50. The molecule has 0 radical (unpaired) electrons. The number of thiazole rings is 1. The van der Waals surface area contributed by atoms with Crippen molar-refractivity contribution < 1.29 is 29.1 Å². The lowest BCUT2D eigenvalue weighted by molar-refractivity contribution is -0.115. The molecule has 1 amide bonds. The molecule has 0 saturated carbocycles. The zero-order chi connectivity index (χ0) is 33.1. The molecule has 3 rings (SSSR count). The Morgan fingerprint density at radius 3 is 2.72 bits per heavy atom. The zero-order valence-electron chi connectivity index (χ0n) is 29.3. The van der Waals surface area contributed by atoms with Crippen LogP contribution in [0.25, 0.3) is 0 Å². The Hall–Kier alpha value is -2.70. The molecule has 0 aliphatic rings. The second kappa shape index (κ2) is 10.2. The van der Waals surface area contributed by atoms with E-state index in [0.717, 1.165) is 24.3 Å². The third-order valence-electron chi connectivity index (χ3n) is 3.41. The van der Waals surface area contributed by atoms with Gasteiger partial charge in [-0.05, 0) is 49.3 Å². The van der Waals surface area contributed by atoms with Crippen molar-refractivity contribution in [1.29, 1.82) is 0 Å². The minimum Gasteiger partial charge on any atom is -0.388 e. The fraction of sp³-hybridized carbons (Fsp3) is 0.304. The molecule has 0 unspecified atom stereocenters. The molecule has 0 aliphatic heterocycles. The molecule has 1 atom stereocenters. The summed E-state index contributed by atoms with van der Waals surface area (Å²) < 4.78 is 115. The molecule has 29 heavy (non-hydrogen) atoms. The van der Waals surface area contributed by atoms with E-state index in [2.05, 4.69) is 10.3 Å². The minimum atomic E-state index is -3.52. The van der Waals surface area contributed by atoms with E-state index in [1.165, 1.54) is 6.92 Å². The van der Waals surface area contributed by atoms with E-state index in [-0.39, 0.29) is 27.3 Å². The fourth-order valence-electron chi connectivity index (χ4n) is 2.07. The van der Waals surface area contributed by atoms with Crippen molar-refractivity contribution in [3.63, 3.8) is 0 Å². The van der Waals surface area contributed by atoms with Gasteiger partial charge in [0.05, 0.1) is 26.4 Å². The van der Waals surface area contributed by atoms with Crippen LogP contribution in [-0.4, -0.2) is 16.0 Å². The molecule has 152 valence electrons. The lowest BCUT2D eigenvalue weighted by Gasteiger charge is -2.11. The Balaban J connectivity index is 1.88. The first-order chi connectivity index (χ1) is 19.4. The number of nitrogens with zero attached hydrogens (tertiary/aromatic N) is 1. The smallest absolute Gasteiger partial charge is 0.230 e. The molecule has 1 heterocycles. The Morgan fingerprint density at radius 1 is 1.34 bits per heavy atom. The monoisotopic (exact) mass is 423 g/mol. The number of carbonyl (C=O) groups excluding carboxylic acids is 1. The van der Waals surface area contributed by atoms with E-state index in [1.807, 2.05) is 0 Å². The van der Waals surface area contributed by atoms with Crippen LogP contribution in [0.5, 0.6) is 0 Å². The Labute approximate surface area is 195 Å². The largest absolute Gasteiger partial charge is 0.388 e. The zero-order valence-corrected chi connectivity index (χ0v) is 16.1. The quantitative estimate of drug-likeness (QED) is 0.467. The van der Waals surface area contributed by atoms with Crippen molar-refractivity contribution in [2.45, 2.75) is 44.9 Å². The molecular weight excluding hydrogens is 382 g/mol. The summed E-state index contributed by atoms with van der Waals surface area (Å²) >= 11 is 0.680. The number of nitrogen functional groups attached to an aromatic ring is 1. The van der Waals surface area contributed by atoms with Crippen LogP contribution in [0.4, 0.5) is 10.8 Å². The lowest BCUT2D eigenvalue weighted by Crippen LogP contribution is -2.14. The van der Waals surface area contributed by atoms with Gasteiger partial charge in [0.15, 0.2) is 5.13 Å². The first-order valence-corrected chi connectivity index (χ1v) is 9.17. The van der Waals surface area contributed by atoms with Gasteiger partial charge in [0, 0.05) is 22.0 Å². The van der Waals surface area contributed by atoms with Crippen molar-refractivity contribution in [2.24, 2.45) is 0 Å². The lowest BCUT2D eigenvalue weighted by atomic mass is 10.0. The second-order valence-corrected chi connectivity index (χ2v) is 6.49. The number of nitrogens with one attached hydrogen (secondary N) is 1. The van der Waals surface area contributed by atoms with Crippen LogP contribution >= 0.6 is 11.3 Å². The van der Waals surface area contributed by atoms with Crippen LogP contribution in [0.1, 0.15) is 66.8 Å². The molecule has 0 bridgehead atoms. The van der Waals surface area contributed by atoms with Gasteiger partial charge < -0.3 is 16.2 Å². The highest BCUT2D eigenvalue weighted by atomic mass is 32.1. The SMILES string of the molecule is [2H]c1sc(N)nc1C([2H])([2H])C(=O)Nc1ccc(C([2H])([2H])C([2H])([2H])CC([2H])([2H])[C@]([2H])(O)c2c([2H])c([2H])c(C)c([2H])c2[2H])cc1. The Morgan fingerprint density at radius 2 is 2.07 bits per heavy atom. The van der Waals surface area contributed by atoms with E-state index in [9.17, 15) is 9.90 Å². The standard InChI is InChI=1S/C23H27N3O2S/c1-16-6-10-18(11-7-16)21(27)5-3-2-4-17-8-12-19(13-9-17)25-22(28)14-20-15-29-23(24)26-20/h6-13,15,21,27H,2-5,14H2,1H3,(H2,24,26)(H,25,28)/t21-/m0/s1/i2D2,4D2,5D2,6D,7D,10D,11D,14D2,15D,21D. The number of aliphatic hydroxyl groups is 1. The number of carbonyl (C=O) groups is 1. The van der Waals surface area contributed by atoms with Gasteiger partial charge in [0.2, 0.25) is 5.91 Å². The maximum atomic E-state index is 12.6. The predicted molar refractivity (Wildman–Crippen MR) is 119 cm³/mol. The maximum Gasteiger partial charge on any atom is 0.230 e. The maximum absolute atomic E-state index is 12.6. The van der Waals surface area contributed by atoms with Crippen molar-refractivity contribution in [3.8, 4) is 0 Å². The van der Waals surface area contributed by atoms with Crippen LogP contribution in [0.3, 0.4) is 0 Å². The molecule has 2 aromatic carbocycles. The van der Waals surface area contributed by atoms with Crippen molar-refractivity contribution in [2.75, 3.05) is 11.1 Å². The number of hydrogen-bond donors (Lipinski definition) is 3. The van der Waals surface area contributed by atoms with Gasteiger partial charge in [-0.3, -0.25) is 4.79 Å². The number of amides is 1. The molecule has 1 aromatic heterocycles. The molecule has 4 N–H and O–H groups in total. The summed E-state index contributed by atoms with van der Waals surface area (Å²) in [6.45, 7) is 1.27. The number of benzene rings is 2. The average molecular weight is 424 g/mol. The molecule has 0 fully saturated rings. The third-order valence-corrected chi connectivity index (χ3v) is 4.01. The van der Waals surface area contributed by atoms with Crippen LogP contribution in [0.15, 0.2) is 53.8 Å². The van der Waals surface area contributed by atoms with E-state index in [4.69, 9.17) is 24.9 Å². The number of aromatic nitrogens is 1. The van der Waals surface area contributed by atoms with Gasteiger partial charge in [0.1, 0.15) is 0 Å². The van der Waals surface area contributed by atoms with Gasteiger partial charge >= 0.3 is 0 Å². The Kier molecular flexibility index (Phi) is 3.30. The highest BCUT2D eigenvalue weighted by molar-refractivity contribution is 7.13. The summed E-state index contributed by atoms with van der Waals surface area (Å²) in [6, 6.07) is 1.39. The summed E-state index contributed by atoms with van der Waals surface area (Å²) in [6.07, 6.45) is -17.2. The number of anilines is 2. The van der Waals surface area contributed by atoms with Crippen molar-refractivity contribution in [3.05, 3.63) is 76.2 Å². The minimum absolute atomic E-state index is 0.0256. The molecule has 6 heteroatoms. The van der Waals surface area contributed by atoms with Crippen LogP contribution in [0, 0.1) is 6.92 Å². The summed E-state index contributed by atoms with van der Waals surface area (Å²) in [5.74, 6) is -1.20. The van der Waals surface area contributed by atoms with Gasteiger partial charge in [0.25, 0.3) is 0 Å². The number of nitrogens with two attached hydrogens (primary N) is 1. The van der Waals surface area contributed by atoms with E-state index < -0.39 is 79.3 Å². The normalized spacial score (nSPS) is 22.0. The summed E-state index contributed by atoms with van der Waals surface area (Å²) in [4.78, 5) is 16.3. The molecular formula is C23H27N3O2S. The average Bonchev–Trinajstić information content (AvgIpc) is 3.24. The molecule has 0 aliphatic carbocycles. The number of hydrogen-bond acceptors (Lipinski definition) is 5. The third kappa shape index (κ3) is 6.69.